The van der Waals surface area contributed by atoms with E-state index in [-0.39, 0.29) is 0 Å². The first-order chi connectivity index (χ1) is 7.04. The minimum absolute atomic E-state index is 0.910. The van der Waals surface area contributed by atoms with E-state index in [1.54, 1.807) is 0 Å². The lowest BCUT2D eigenvalue weighted by molar-refractivity contribution is 1.23. The summed E-state index contributed by atoms with van der Waals surface area (Å²) in [6.07, 6.45) is 0. The lowest BCUT2D eigenvalue weighted by Gasteiger charge is -2.08. The van der Waals surface area contributed by atoms with E-state index >= 15 is 0 Å². The Hall–Kier alpha value is -0.490. The molecular formula is C14H25Cl. The normalized spacial score (nSPS) is 8.33. The van der Waals surface area contributed by atoms with Gasteiger partial charge in [0.05, 0.1) is 0 Å². The SMILES string of the molecule is CC.CC.Cc1cc(C)c(Cl)c(C)c1C. The van der Waals surface area contributed by atoms with E-state index in [0.717, 1.165) is 5.02 Å². The van der Waals surface area contributed by atoms with E-state index in [2.05, 4.69) is 26.8 Å². The summed E-state index contributed by atoms with van der Waals surface area (Å²) in [6.45, 7) is 16.3. The monoisotopic (exact) mass is 228 g/mol. The van der Waals surface area contributed by atoms with Crippen LogP contribution < -0.4 is 0 Å². The predicted molar refractivity (Wildman–Crippen MR) is 73.1 cm³/mol. The van der Waals surface area contributed by atoms with Gasteiger partial charge in [0.25, 0.3) is 0 Å². The van der Waals surface area contributed by atoms with Crippen molar-refractivity contribution in [2.45, 2.75) is 55.4 Å². The number of hydrogen-bond acceptors (Lipinski definition) is 0. The summed E-state index contributed by atoms with van der Waals surface area (Å²) in [5.41, 5.74) is 5.02. The zero-order valence-electron chi connectivity index (χ0n) is 11.5. The van der Waals surface area contributed by atoms with E-state index in [4.69, 9.17) is 11.6 Å². The van der Waals surface area contributed by atoms with Crippen molar-refractivity contribution in [3.63, 3.8) is 0 Å². The second-order valence-corrected chi connectivity index (χ2v) is 3.45. The Morgan fingerprint density at radius 2 is 1.13 bits per heavy atom. The zero-order chi connectivity index (χ0) is 12.6. The quantitative estimate of drug-likeness (QED) is 0.540. The minimum Gasteiger partial charge on any atom is -0.0838 e. The molecule has 0 radical (unpaired) electrons. The van der Waals surface area contributed by atoms with Crippen molar-refractivity contribution in [1.82, 2.24) is 0 Å². The van der Waals surface area contributed by atoms with Crippen molar-refractivity contribution < 1.29 is 0 Å². The average molecular weight is 229 g/mol. The van der Waals surface area contributed by atoms with Crippen LogP contribution in [0, 0.1) is 27.7 Å². The Balaban J connectivity index is 0. The third-order valence-corrected chi connectivity index (χ3v) is 2.84. The molecule has 0 nitrogen and oxygen atoms in total. The first-order valence-corrected chi connectivity index (χ1v) is 6.14. The van der Waals surface area contributed by atoms with Gasteiger partial charge in [-0.05, 0) is 49.9 Å². The largest absolute Gasteiger partial charge is 0.0838 e. The lowest BCUT2D eigenvalue weighted by atomic mass is 10.0. The maximum Gasteiger partial charge on any atom is 0.0467 e. The van der Waals surface area contributed by atoms with Crippen LogP contribution in [-0.4, -0.2) is 0 Å². The summed E-state index contributed by atoms with van der Waals surface area (Å²) in [5, 5.41) is 0.910. The van der Waals surface area contributed by atoms with Crippen molar-refractivity contribution in [3.05, 3.63) is 33.3 Å². The van der Waals surface area contributed by atoms with Gasteiger partial charge < -0.3 is 0 Å². The molecule has 15 heavy (non-hydrogen) atoms. The van der Waals surface area contributed by atoms with Crippen LogP contribution in [0.3, 0.4) is 0 Å². The van der Waals surface area contributed by atoms with Crippen molar-refractivity contribution in [1.29, 1.82) is 0 Å². The van der Waals surface area contributed by atoms with E-state index in [1.807, 2.05) is 34.6 Å². The highest BCUT2D eigenvalue weighted by atomic mass is 35.5. The van der Waals surface area contributed by atoms with Crippen molar-refractivity contribution in [2.75, 3.05) is 0 Å². The van der Waals surface area contributed by atoms with Gasteiger partial charge in [-0.2, -0.15) is 0 Å². The fourth-order valence-electron chi connectivity index (χ4n) is 1.25. The Morgan fingerprint density at radius 1 is 0.733 bits per heavy atom. The molecule has 0 spiro atoms. The fraction of sp³-hybridized carbons (Fsp3) is 0.571. The molecular weight excluding hydrogens is 204 g/mol. The van der Waals surface area contributed by atoms with Crippen molar-refractivity contribution in [2.24, 2.45) is 0 Å². The molecule has 0 saturated carbocycles. The van der Waals surface area contributed by atoms with Crippen LogP contribution in [0.5, 0.6) is 0 Å². The van der Waals surface area contributed by atoms with Crippen LogP contribution in [0.4, 0.5) is 0 Å². The molecule has 0 heterocycles. The van der Waals surface area contributed by atoms with Gasteiger partial charge in [0.2, 0.25) is 0 Å². The predicted octanol–water partition coefficient (Wildman–Crippen LogP) is 5.63. The second kappa shape index (κ2) is 8.79. The topological polar surface area (TPSA) is 0 Å². The number of aryl methyl sites for hydroxylation is 2. The molecule has 0 saturated heterocycles. The molecule has 1 aromatic rings. The lowest BCUT2D eigenvalue weighted by Crippen LogP contribution is -1.90. The second-order valence-electron chi connectivity index (χ2n) is 3.07. The van der Waals surface area contributed by atoms with Gasteiger partial charge in [0.15, 0.2) is 0 Å². The smallest absolute Gasteiger partial charge is 0.0467 e. The summed E-state index contributed by atoms with van der Waals surface area (Å²) in [7, 11) is 0. The van der Waals surface area contributed by atoms with Crippen LogP contribution in [0.15, 0.2) is 6.07 Å². The van der Waals surface area contributed by atoms with Crippen LogP contribution >= 0.6 is 11.6 Å². The molecule has 0 N–H and O–H groups in total. The Labute approximate surface area is 101 Å². The van der Waals surface area contributed by atoms with Crippen LogP contribution in [0.25, 0.3) is 0 Å². The molecule has 0 unspecified atom stereocenters. The summed E-state index contributed by atoms with van der Waals surface area (Å²) in [5.74, 6) is 0. The highest BCUT2D eigenvalue weighted by Crippen LogP contribution is 2.25. The van der Waals surface area contributed by atoms with Crippen LogP contribution in [0.2, 0.25) is 5.02 Å². The van der Waals surface area contributed by atoms with Crippen molar-refractivity contribution >= 4 is 11.6 Å². The van der Waals surface area contributed by atoms with Crippen LogP contribution in [-0.2, 0) is 0 Å². The van der Waals surface area contributed by atoms with E-state index in [9.17, 15) is 0 Å². The molecule has 0 aliphatic carbocycles. The third-order valence-electron chi connectivity index (χ3n) is 2.26. The zero-order valence-corrected chi connectivity index (χ0v) is 12.2. The summed E-state index contributed by atoms with van der Waals surface area (Å²) in [6, 6.07) is 2.13. The number of hydrogen-bond donors (Lipinski definition) is 0. The van der Waals surface area contributed by atoms with E-state index in [0.29, 0.717) is 0 Å². The molecule has 0 bridgehead atoms. The maximum absolute atomic E-state index is 6.05. The Kier molecular flexibility index (Phi) is 9.92. The standard InChI is InChI=1S/C10H13Cl.2C2H6/c1-6-5-7(2)10(11)9(4)8(6)3;2*1-2/h5H,1-4H3;2*1-2H3. The first kappa shape index (κ1) is 16.9. The van der Waals surface area contributed by atoms with E-state index < -0.39 is 0 Å². The van der Waals surface area contributed by atoms with E-state index in [1.165, 1.54) is 22.3 Å². The van der Waals surface area contributed by atoms with Gasteiger partial charge in [-0.1, -0.05) is 45.4 Å². The molecule has 88 valence electrons. The molecule has 0 atom stereocenters. The molecule has 1 rings (SSSR count). The van der Waals surface area contributed by atoms with Crippen LogP contribution in [0.1, 0.15) is 49.9 Å². The molecule has 0 aliphatic rings. The Morgan fingerprint density at radius 3 is 1.53 bits per heavy atom. The van der Waals surface area contributed by atoms with Gasteiger partial charge in [-0.3, -0.25) is 0 Å². The van der Waals surface area contributed by atoms with Gasteiger partial charge in [0.1, 0.15) is 0 Å². The highest BCUT2D eigenvalue weighted by molar-refractivity contribution is 6.32. The maximum atomic E-state index is 6.05. The molecule has 0 amide bonds. The van der Waals surface area contributed by atoms with Gasteiger partial charge in [-0.25, -0.2) is 0 Å². The summed E-state index contributed by atoms with van der Waals surface area (Å²) in [4.78, 5) is 0. The summed E-state index contributed by atoms with van der Waals surface area (Å²) >= 11 is 6.05. The van der Waals surface area contributed by atoms with Gasteiger partial charge in [-0.15, -0.1) is 0 Å². The van der Waals surface area contributed by atoms with Gasteiger partial charge in [0, 0.05) is 5.02 Å². The molecule has 1 heteroatoms. The molecule has 0 aliphatic heterocycles. The number of benzene rings is 1. The average Bonchev–Trinajstić information content (AvgIpc) is 2.29. The number of halogens is 1. The number of rotatable bonds is 0. The minimum atomic E-state index is 0.910. The molecule has 0 aromatic heterocycles. The third kappa shape index (κ3) is 4.70. The fourth-order valence-corrected chi connectivity index (χ4v) is 1.45. The molecule has 0 fully saturated rings. The van der Waals surface area contributed by atoms with Crippen molar-refractivity contribution in [3.8, 4) is 0 Å². The first-order valence-electron chi connectivity index (χ1n) is 5.77. The Bertz CT molecular complexity index is 262. The van der Waals surface area contributed by atoms with Gasteiger partial charge >= 0.3 is 0 Å². The summed E-state index contributed by atoms with van der Waals surface area (Å²) < 4.78 is 0. The molecule has 1 aromatic carbocycles. The highest BCUT2D eigenvalue weighted by Gasteiger charge is 2.04.